The van der Waals surface area contributed by atoms with Crippen LogP contribution in [0.15, 0.2) is 30.3 Å². The van der Waals surface area contributed by atoms with Crippen LogP contribution >= 0.6 is 0 Å². The highest BCUT2D eigenvalue weighted by Crippen LogP contribution is 2.21. The SMILES string of the molecule is CCN(C)C(=O)[C@@H]1C(O)CCN1C(=O)OCc1ccccc1. The second-order valence-electron chi connectivity index (χ2n) is 5.39. The molecule has 1 fully saturated rings. The van der Waals surface area contributed by atoms with Crippen molar-refractivity contribution in [3.05, 3.63) is 35.9 Å². The standard InChI is InChI=1S/C16H22N2O4/c1-3-17(2)15(20)14-13(19)9-10-18(14)16(21)22-11-12-7-5-4-6-8-12/h4-8,13-14,19H,3,9-11H2,1-2H3/t13?,14-/m0/s1. The number of amides is 2. The van der Waals surface area contributed by atoms with Gasteiger partial charge in [-0.05, 0) is 18.9 Å². The molecule has 6 heteroatoms. The van der Waals surface area contributed by atoms with Crippen LogP contribution in [0.5, 0.6) is 0 Å². The molecular weight excluding hydrogens is 284 g/mol. The van der Waals surface area contributed by atoms with Crippen molar-refractivity contribution < 1.29 is 19.4 Å². The molecule has 1 aromatic rings. The highest BCUT2D eigenvalue weighted by Gasteiger charge is 2.42. The first-order valence-corrected chi connectivity index (χ1v) is 7.45. The van der Waals surface area contributed by atoms with Gasteiger partial charge in [-0.1, -0.05) is 30.3 Å². The number of carbonyl (C=O) groups excluding carboxylic acids is 2. The van der Waals surface area contributed by atoms with Gasteiger partial charge in [0, 0.05) is 20.1 Å². The lowest BCUT2D eigenvalue weighted by molar-refractivity contribution is -0.136. The van der Waals surface area contributed by atoms with Crippen molar-refractivity contribution in [2.75, 3.05) is 20.1 Å². The smallest absolute Gasteiger partial charge is 0.410 e. The fraction of sp³-hybridized carbons (Fsp3) is 0.500. The second kappa shape index (κ2) is 7.26. The van der Waals surface area contributed by atoms with Gasteiger partial charge in [0.15, 0.2) is 0 Å². The van der Waals surface area contributed by atoms with Crippen LogP contribution in [0.3, 0.4) is 0 Å². The molecule has 1 unspecified atom stereocenters. The van der Waals surface area contributed by atoms with Gasteiger partial charge in [-0.15, -0.1) is 0 Å². The predicted molar refractivity (Wildman–Crippen MR) is 81.1 cm³/mol. The summed E-state index contributed by atoms with van der Waals surface area (Å²) in [6, 6.07) is 8.49. The minimum atomic E-state index is -0.853. The first-order valence-electron chi connectivity index (χ1n) is 7.45. The average Bonchev–Trinajstić information content (AvgIpc) is 2.93. The second-order valence-corrected chi connectivity index (χ2v) is 5.39. The Morgan fingerprint density at radius 2 is 2.05 bits per heavy atom. The number of hydrogen-bond donors (Lipinski definition) is 1. The van der Waals surface area contributed by atoms with E-state index >= 15 is 0 Å². The van der Waals surface area contributed by atoms with E-state index < -0.39 is 18.2 Å². The van der Waals surface area contributed by atoms with E-state index in [0.29, 0.717) is 19.5 Å². The molecule has 2 atom stereocenters. The van der Waals surface area contributed by atoms with E-state index in [1.54, 1.807) is 7.05 Å². The van der Waals surface area contributed by atoms with Crippen molar-refractivity contribution in [1.82, 2.24) is 9.80 Å². The quantitative estimate of drug-likeness (QED) is 0.908. The lowest BCUT2D eigenvalue weighted by Crippen LogP contribution is -2.50. The average molecular weight is 306 g/mol. The van der Waals surface area contributed by atoms with E-state index in [1.807, 2.05) is 37.3 Å². The third-order valence-electron chi connectivity index (χ3n) is 3.91. The molecule has 0 saturated carbocycles. The number of rotatable bonds is 4. The van der Waals surface area contributed by atoms with Crippen molar-refractivity contribution in [3.8, 4) is 0 Å². The number of benzene rings is 1. The molecule has 0 spiro atoms. The number of aliphatic hydroxyl groups is 1. The first-order chi connectivity index (χ1) is 10.5. The summed E-state index contributed by atoms with van der Waals surface area (Å²) in [6.45, 7) is 2.84. The highest BCUT2D eigenvalue weighted by molar-refractivity contribution is 5.86. The van der Waals surface area contributed by atoms with Crippen LogP contribution in [-0.4, -0.2) is 59.2 Å². The van der Waals surface area contributed by atoms with Crippen LogP contribution in [-0.2, 0) is 16.1 Å². The third-order valence-corrected chi connectivity index (χ3v) is 3.91. The van der Waals surface area contributed by atoms with Crippen LogP contribution in [0.4, 0.5) is 4.79 Å². The summed E-state index contributed by atoms with van der Waals surface area (Å²) in [5.74, 6) is -0.260. The molecule has 22 heavy (non-hydrogen) atoms. The molecule has 0 bridgehead atoms. The summed E-state index contributed by atoms with van der Waals surface area (Å²) in [6.07, 6.45) is -1.02. The summed E-state index contributed by atoms with van der Waals surface area (Å²) in [5, 5.41) is 10.0. The maximum Gasteiger partial charge on any atom is 0.410 e. The lowest BCUT2D eigenvalue weighted by Gasteiger charge is -2.28. The Bertz CT molecular complexity index is 520. The Hall–Kier alpha value is -2.08. The fourth-order valence-electron chi connectivity index (χ4n) is 2.46. The molecule has 6 nitrogen and oxygen atoms in total. The molecule has 1 saturated heterocycles. The molecule has 0 aromatic heterocycles. The van der Waals surface area contributed by atoms with Gasteiger partial charge in [-0.2, -0.15) is 0 Å². The molecule has 1 heterocycles. The van der Waals surface area contributed by atoms with Gasteiger partial charge < -0.3 is 14.7 Å². The van der Waals surface area contributed by atoms with Crippen molar-refractivity contribution >= 4 is 12.0 Å². The van der Waals surface area contributed by atoms with Gasteiger partial charge in [0.05, 0.1) is 6.10 Å². The molecule has 1 N–H and O–H groups in total. The van der Waals surface area contributed by atoms with E-state index in [4.69, 9.17) is 4.74 Å². The topological polar surface area (TPSA) is 70.1 Å². The number of aliphatic hydroxyl groups excluding tert-OH is 1. The molecule has 1 aliphatic heterocycles. The van der Waals surface area contributed by atoms with Crippen LogP contribution in [0, 0.1) is 0 Å². The summed E-state index contributed by atoms with van der Waals surface area (Å²) in [4.78, 5) is 27.3. The molecule has 2 amide bonds. The molecular formula is C16H22N2O4. The minimum Gasteiger partial charge on any atom is -0.445 e. The van der Waals surface area contributed by atoms with Crippen LogP contribution in [0.1, 0.15) is 18.9 Å². The Morgan fingerprint density at radius 1 is 1.36 bits per heavy atom. The van der Waals surface area contributed by atoms with E-state index in [0.717, 1.165) is 5.56 Å². The van der Waals surface area contributed by atoms with Gasteiger partial charge in [0.25, 0.3) is 0 Å². The number of likely N-dealkylation sites (N-methyl/N-ethyl adjacent to an activating group) is 1. The number of likely N-dealkylation sites (tertiary alicyclic amines) is 1. The zero-order valence-electron chi connectivity index (χ0n) is 12.9. The monoisotopic (exact) mass is 306 g/mol. The summed E-state index contributed by atoms with van der Waals surface area (Å²) in [5.41, 5.74) is 0.879. The largest absolute Gasteiger partial charge is 0.445 e. The maximum atomic E-state index is 12.3. The van der Waals surface area contributed by atoms with Crippen molar-refractivity contribution in [3.63, 3.8) is 0 Å². The van der Waals surface area contributed by atoms with Gasteiger partial charge in [-0.25, -0.2) is 4.79 Å². The van der Waals surface area contributed by atoms with Crippen LogP contribution in [0.2, 0.25) is 0 Å². The van der Waals surface area contributed by atoms with Crippen LogP contribution < -0.4 is 0 Å². The van der Waals surface area contributed by atoms with Crippen molar-refractivity contribution in [2.24, 2.45) is 0 Å². The third kappa shape index (κ3) is 3.57. The fourth-order valence-corrected chi connectivity index (χ4v) is 2.46. The molecule has 0 aliphatic carbocycles. The molecule has 120 valence electrons. The summed E-state index contributed by atoms with van der Waals surface area (Å²) in [7, 11) is 1.65. The normalized spacial score (nSPS) is 20.8. The van der Waals surface area contributed by atoms with Gasteiger partial charge in [-0.3, -0.25) is 9.69 Å². The zero-order valence-corrected chi connectivity index (χ0v) is 12.9. The van der Waals surface area contributed by atoms with E-state index in [9.17, 15) is 14.7 Å². The van der Waals surface area contributed by atoms with Gasteiger partial charge >= 0.3 is 6.09 Å². The molecule has 2 rings (SSSR count). The van der Waals surface area contributed by atoms with Gasteiger partial charge in [0.2, 0.25) is 5.91 Å². The molecule has 1 aliphatic rings. The van der Waals surface area contributed by atoms with Gasteiger partial charge in [0.1, 0.15) is 12.6 Å². The van der Waals surface area contributed by atoms with Crippen LogP contribution in [0.25, 0.3) is 0 Å². The molecule has 1 aromatic carbocycles. The first kappa shape index (κ1) is 16.3. The molecule has 0 radical (unpaired) electrons. The van der Waals surface area contributed by atoms with E-state index in [-0.39, 0.29) is 12.5 Å². The lowest BCUT2D eigenvalue weighted by atomic mass is 10.1. The summed E-state index contributed by atoms with van der Waals surface area (Å²) < 4.78 is 5.26. The van der Waals surface area contributed by atoms with Crippen molar-refractivity contribution in [1.29, 1.82) is 0 Å². The zero-order chi connectivity index (χ0) is 16.1. The Kier molecular flexibility index (Phi) is 5.38. The summed E-state index contributed by atoms with van der Waals surface area (Å²) >= 11 is 0. The number of hydrogen-bond acceptors (Lipinski definition) is 4. The Balaban J connectivity index is 2.00. The number of ether oxygens (including phenoxy) is 1. The van der Waals surface area contributed by atoms with E-state index in [1.165, 1.54) is 9.80 Å². The Labute approximate surface area is 130 Å². The number of nitrogens with zero attached hydrogens (tertiary/aromatic N) is 2. The minimum absolute atomic E-state index is 0.150. The number of carbonyl (C=O) groups is 2. The van der Waals surface area contributed by atoms with E-state index in [2.05, 4.69) is 0 Å². The van der Waals surface area contributed by atoms with Crippen molar-refractivity contribution in [2.45, 2.75) is 32.1 Å². The maximum absolute atomic E-state index is 12.3. The highest BCUT2D eigenvalue weighted by atomic mass is 16.6. The Morgan fingerprint density at radius 3 is 2.68 bits per heavy atom. The predicted octanol–water partition coefficient (Wildman–Crippen LogP) is 1.24.